The predicted molar refractivity (Wildman–Crippen MR) is 65.4 cm³/mol. The minimum atomic E-state index is -1.61. The first kappa shape index (κ1) is 13.9. The van der Waals surface area contributed by atoms with Crippen LogP contribution < -0.4 is 0 Å². The van der Waals surface area contributed by atoms with Crippen LogP contribution in [0.25, 0.3) is 0 Å². The Balaban J connectivity index is 2.73. The number of nitriles is 1. The van der Waals surface area contributed by atoms with Gasteiger partial charge in [-0.3, -0.25) is 0 Å². The first-order chi connectivity index (χ1) is 8.60. The molecule has 0 saturated heterocycles. The van der Waals surface area contributed by atoms with E-state index in [1.807, 2.05) is 13.0 Å². The lowest BCUT2D eigenvalue weighted by Crippen LogP contribution is -2.12. The summed E-state index contributed by atoms with van der Waals surface area (Å²) in [5.41, 5.74) is 0.491. The van der Waals surface area contributed by atoms with E-state index in [-0.39, 0.29) is 17.7 Å². The molecule has 0 amide bonds. The van der Waals surface area contributed by atoms with Crippen molar-refractivity contribution in [2.24, 2.45) is 0 Å². The number of esters is 1. The highest BCUT2D eigenvalue weighted by Gasteiger charge is 2.21. The van der Waals surface area contributed by atoms with Crippen LogP contribution in [-0.4, -0.2) is 12.6 Å². The van der Waals surface area contributed by atoms with E-state index in [2.05, 4.69) is 6.58 Å². The van der Waals surface area contributed by atoms with Gasteiger partial charge in [0.15, 0.2) is 6.17 Å². The van der Waals surface area contributed by atoms with Crippen LogP contribution in [0.4, 0.5) is 4.39 Å². The highest BCUT2D eigenvalue weighted by molar-refractivity contribution is 5.89. The van der Waals surface area contributed by atoms with E-state index in [9.17, 15) is 9.18 Å². The fraction of sp³-hybridized carbons (Fsp3) is 0.286. The first-order valence-corrected chi connectivity index (χ1v) is 5.60. The van der Waals surface area contributed by atoms with Crippen molar-refractivity contribution >= 4 is 5.97 Å². The first-order valence-electron chi connectivity index (χ1n) is 5.60. The smallest absolute Gasteiger partial charge is 0.336 e. The van der Waals surface area contributed by atoms with Gasteiger partial charge in [-0.05, 0) is 24.1 Å². The Bertz CT molecular complexity index is 474. The molecule has 1 atom stereocenters. The number of hydrogen-bond acceptors (Lipinski definition) is 3. The van der Waals surface area contributed by atoms with Crippen LogP contribution in [0.15, 0.2) is 36.4 Å². The molecule has 0 heterocycles. The maximum Gasteiger partial charge on any atom is 0.336 e. The summed E-state index contributed by atoms with van der Waals surface area (Å²) in [6, 6.07) is 7.84. The molecule has 0 aliphatic heterocycles. The lowest BCUT2D eigenvalue weighted by molar-refractivity contribution is -0.139. The lowest BCUT2D eigenvalue weighted by Gasteiger charge is -2.11. The predicted octanol–water partition coefficient (Wildman–Crippen LogP) is 3.08. The van der Waals surface area contributed by atoms with Gasteiger partial charge in [0, 0.05) is 0 Å². The van der Waals surface area contributed by atoms with Gasteiger partial charge in [0.1, 0.15) is 0 Å². The zero-order valence-electron chi connectivity index (χ0n) is 10.1. The summed E-state index contributed by atoms with van der Waals surface area (Å²) in [7, 11) is 0. The summed E-state index contributed by atoms with van der Waals surface area (Å²) in [5, 5.41) is 8.63. The van der Waals surface area contributed by atoms with E-state index in [1.54, 1.807) is 0 Å². The molecule has 1 aromatic rings. The zero-order valence-corrected chi connectivity index (χ0v) is 10.1. The van der Waals surface area contributed by atoms with Gasteiger partial charge in [-0.1, -0.05) is 25.6 Å². The second-order valence-electron chi connectivity index (χ2n) is 3.76. The Hall–Kier alpha value is -2.15. The normalized spacial score (nSPS) is 11.4. The van der Waals surface area contributed by atoms with E-state index in [0.717, 1.165) is 0 Å². The highest BCUT2D eigenvalue weighted by Crippen LogP contribution is 2.25. The SMILES string of the molecule is C=C(C(=O)OCCC)C(F)c1ccc(C#N)cc1. The topological polar surface area (TPSA) is 50.1 Å². The molecule has 4 heteroatoms. The standard InChI is InChI=1S/C14H14FNO2/c1-3-8-18-14(17)10(2)13(15)12-6-4-11(9-16)5-7-12/h4-7,13H,2-3,8H2,1H3. The fourth-order valence-electron chi connectivity index (χ4n) is 1.32. The van der Waals surface area contributed by atoms with E-state index in [4.69, 9.17) is 10.00 Å². The van der Waals surface area contributed by atoms with Crippen molar-refractivity contribution in [1.82, 2.24) is 0 Å². The van der Waals surface area contributed by atoms with Crippen LogP contribution in [-0.2, 0) is 9.53 Å². The maximum atomic E-state index is 14.0. The number of ether oxygens (including phenoxy) is 1. The molecule has 1 aromatic carbocycles. The van der Waals surface area contributed by atoms with Gasteiger partial charge in [0.05, 0.1) is 23.8 Å². The largest absolute Gasteiger partial charge is 0.462 e. The molecule has 1 rings (SSSR count). The quantitative estimate of drug-likeness (QED) is 0.593. The third-order valence-corrected chi connectivity index (χ3v) is 2.34. The summed E-state index contributed by atoms with van der Waals surface area (Å²) in [4.78, 5) is 11.4. The number of carbonyl (C=O) groups excluding carboxylic acids is 1. The van der Waals surface area contributed by atoms with E-state index >= 15 is 0 Å². The van der Waals surface area contributed by atoms with Crippen molar-refractivity contribution in [3.05, 3.63) is 47.5 Å². The van der Waals surface area contributed by atoms with Crippen LogP contribution in [0.2, 0.25) is 0 Å². The Morgan fingerprint density at radius 3 is 2.61 bits per heavy atom. The van der Waals surface area contributed by atoms with Gasteiger partial charge in [-0.25, -0.2) is 9.18 Å². The third kappa shape index (κ3) is 3.42. The second kappa shape index (κ2) is 6.55. The molecule has 0 radical (unpaired) electrons. The molecule has 0 aliphatic carbocycles. The maximum absolute atomic E-state index is 14.0. The van der Waals surface area contributed by atoms with Crippen LogP contribution in [0, 0.1) is 11.3 Å². The monoisotopic (exact) mass is 247 g/mol. The lowest BCUT2D eigenvalue weighted by atomic mass is 10.0. The van der Waals surface area contributed by atoms with Crippen molar-refractivity contribution in [1.29, 1.82) is 5.26 Å². The van der Waals surface area contributed by atoms with Crippen molar-refractivity contribution in [3.63, 3.8) is 0 Å². The molecule has 0 aromatic heterocycles. The Labute approximate surface area is 105 Å². The van der Waals surface area contributed by atoms with Crippen molar-refractivity contribution in [3.8, 4) is 6.07 Å². The summed E-state index contributed by atoms with van der Waals surface area (Å²) >= 11 is 0. The average molecular weight is 247 g/mol. The van der Waals surface area contributed by atoms with Gasteiger partial charge in [0.2, 0.25) is 0 Å². The molecule has 0 bridgehead atoms. The van der Waals surface area contributed by atoms with Crippen LogP contribution in [0.3, 0.4) is 0 Å². The second-order valence-corrected chi connectivity index (χ2v) is 3.76. The summed E-state index contributed by atoms with van der Waals surface area (Å²) in [5.74, 6) is -0.728. The van der Waals surface area contributed by atoms with Crippen molar-refractivity contribution in [2.75, 3.05) is 6.61 Å². The molecular formula is C14H14FNO2. The summed E-state index contributed by atoms with van der Waals surface area (Å²) in [6.07, 6.45) is -0.936. The molecule has 0 fully saturated rings. The number of halogens is 1. The number of carbonyl (C=O) groups is 1. The van der Waals surface area contributed by atoms with Crippen LogP contribution >= 0.6 is 0 Å². The number of rotatable bonds is 5. The Kier molecular flexibility index (Phi) is 5.06. The third-order valence-electron chi connectivity index (χ3n) is 2.34. The zero-order chi connectivity index (χ0) is 13.5. The van der Waals surface area contributed by atoms with Crippen molar-refractivity contribution < 1.29 is 13.9 Å². The minimum absolute atomic E-state index is 0.229. The minimum Gasteiger partial charge on any atom is -0.462 e. The van der Waals surface area contributed by atoms with E-state index in [0.29, 0.717) is 12.0 Å². The van der Waals surface area contributed by atoms with Gasteiger partial charge in [0.25, 0.3) is 0 Å². The molecule has 1 unspecified atom stereocenters. The highest BCUT2D eigenvalue weighted by atomic mass is 19.1. The van der Waals surface area contributed by atoms with E-state index < -0.39 is 12.1 Å². The van der Waals surface area contributed by atoms with Crippen LogP contribution in [0.1, 0.15) is 30.6 Å². The molecule has 18 heavy (non-hydrogen) atoms. The van der Waals surface area contributed by atoms with Gasteiger partial charge >= 0.3 is 5.97 Å². The number of alkyl halides is 1. The molecule has 3 nitrogen and oxygen atoms in total. The Morgan fingerprint density at radius 1 is 1.50 bits per heavy atom. The molecule has 0 N–H and O–H groups in total. The van der Waals surface area contributed by atoms with E-state index in [1.165, 1.54) is 24.3 Å². The summed E-state index contributed by atoms with van der Waals surface area (Å²) < 4.78 is 18.8. The van der Waals surface area contributed by atoms with Gasteiger partial charge < -0.3 is 4.74 Å². The van der Waals surface area contributed by atoms with Gasteiger partial charge in [-0.2, -0.15) is 5.26 Å². The summed E-state index contributed by atoms with van der Waals surface area (Å²) in [6.45, 7) is 5.51. The average Bonchev–Trinajstić information content (AvgIpc) is 2.43. The molecule has 0 saturated carbocycles. The Morgan fingerprint density at radius 2 is 2.11 bits per heavy atom. The molecule has 0 aliphatic rings. The molecule has 0 spiro atoms. The fourth-order valence-corrected chi connectivity index (χ4v) is 1.32. The van der Waals surface area contributed by atoms with Crippen molar-refractivity contribution in [2.45, 2.75) is 19.5 Å². The van der Waals surface area contributed by atoms with Crippen LogP contribution in [0.5, 0.6) is 0 Å². The molecular weight excluding hydrogens is 233 g/mol. The number of hydrogen-bond donors (Lipinski definition) is 0. The number of nitrogens with zero attached hydrogens (tertiary/aromatic N) is 1. The molecule has 94 valence electrons. The van der Waals surface area contributed by atoms with Gasteiger partial charge in [-0.15, -0.1) is 0 Å². The number of benzene rings is 1.